The highest BCUT2D eigenvalue weighted by Crippen LogP contribution is 2.38. The fourth-order valence-corrected chi connectivity index (χ4v) is 4.06. The number of aryl methyl sites for hydroxylation is 1. The van der Waals surface area contributed by atoms with Crippen LogP contribution in [0.5, 0.6) is 5.75 Å². The minimum atomic E-state index is -0.101. The summed E-state index contributed by atoms with van der Waals surface area (Å²) in [4.78, 5) is 23.3. The van der Waals surface area contributed by atoms with Gasteiger partial charge in [0, 0.05) is 56.9 Å². The normalized spacial score (nSPS) is 10.9. The van der Waals surface area contributed by atoms with Gasteiger partial charge in [0.1, 0.15) is 5.75 Å². The van der Waals surface area contributed by atoms with E-state index in [0.29, 0.717) is 17.4 Å². The fourth-order valence-electron chi connectivity index (χ4n) is 4.06. The number of aromatic nitrogens is 3. The van der Waals surface area contributed by atoms with Gasteiger partial charge in [-0.2, -0.15) is 0 Å². The van der Waals surface area contributed by atoms with E-state index in [-0.39, 0.29) is 12.3 Å². The number of methoxy groups -OCH3 is 1. The van der Waals surface area contributed by atoms with Crippen LogP contribution in [0.15, 0.2) is 62.0 Å². The second-order valence-electron chi connectivity index (χ2n) is 8.77. The van der Waals surface area contributed by atoms with Gasteiger partial charge in [-0.1, -0.05) is 25.3 Å². The summed E-state index contributed by atoms with van der Waals surface area (Å²) in [5.41, 5.74) is 6.34. The number of rotatable bonds is 14. The Balaban J connectivity index is 1.99. The molecular weight excluding hydrogens is 478 g/mol. The number of hydrogen-bond acceptors (Lipinski definition) is 8. The standard InChI is InChI=1S/C29H37N7O2/c1-8-10-11-26-20(3)22(19-36(26)6)23-12-13-31-29(33-23)34-25-16-24(32-18-21(37)9-2)27(17-28(25)38-7)35(5)15-14-30-4/h8-13,16-17,19,30,32H,1-2,14-15,18H2,3-7H3,(H,31,33,34)/b11-10-. The topological polar surface area (TPSA) is 96.3 Å². The molecule has 9 heteroatoms. The number of benzene rings is 1. The second kappa shape index (κ2) is 13.3. The summed E-state index contributed by atoms with van der Waals surface area (Å²) in [7, 11) is 7.53. The summed E-state index contributed by atoms with van der Waals surface area (Å²) in [5.74, 6) is 0.950. The second-order valence-corrected chi connectivity index (χ2v) is 8.77. The van der Waals surface area contributed by atoms with Gasteiger partial charge < -0.3 is 30.2 Å². The summed E-state index contributed by atoms with van der Waals surface area (Å²) >= 11 is 0. The highest BCUT2D eigenvalue weighted by molar-refractivity contribution is 5.93. The molecule has 9 nitrogen and oxygen atoms in total. The van der Waals surface area contributed by atoms with Crippen LogP contribution in [0.3, 0.4) is 0 Å². The number of anilines is 4. The lowest BCUT2D eigenvalue weighted by atomic mass is 10.1. The fraction of sp³-hybridized carbons (Fsp3) is 0.276. The first-order valence-electron chi connectivity index (χ1n) is 12.3. The molecule has 0 aliphatic heterocycles. The Morgan fingerprint density at radius 1 is 1.26 bits per heavy atom. The lowest BCUT2D eigenvalue weighted by Gasteiger charge is -2.25. The molecule has 0 bridgehead atoms. The van der Waals surface area contributed by atoms with Gasteiger partial charge in [-0.3, -0.25) is 4.79 Å². The number of carbonyl (C=O) groups excluding carboxylic acids is 1. The van der Waals surface area contributed by atoms with Crippen LogP contribution in [-0.2, 0) is 11.8 Å². The summed E-state index contributed by atoms with van der Waals surface area (Å²) in [5, 5.41) is 9.69. The first-order chi connectivity index (χ1) is 18.3. The van der Waals surface area contributed by atoms with Crippen molar-refractivity contribution < 1.29 is 9.53 Å². The Labute approximate surface area is 224 Å². The number of hydrogen-bond donors (Lipinski definition) is 3. The van der Waals surface area contributed by atoms with Crippen molar-refractivity contribution in [3.8, 4) is 17.0 Å². The molecule has 0 atom stereocenters. The zero-order valence-corrected chi connectivity index (χ0v) is 22.8. The van der Waals surface area contributed by atoms with E-state index in [0.717, 1.165) is 47.0 Å². The first-order valence-corrected chi connectivity index (χ1v) is 12.3. The van der Waals surface area contributed by atoms with E-state index in [2.05, 4.69) is 56.7 Å². The maximum atomic E-state index is 11.9. The van der Waals surface area contributed by atoms with E-state index in [1.165, 1.54) is 6.08 Å². The smallest absolute Gasteiger partial charge is 0.227 e. The van der Waals surface area contributed by atoms with Crippen LogP contribution < -0.4 is 25.6 Å². The van der Waals surface area contributed by atoms with Gasteiger partial charge >= 0.3 is 0 Å². The third kappa shape index (κ3) is 6.68. The van der Waals surface area contributed by atoms with E-state index in [1.807, 2.05) is 51.5 Å². The van der Waals surface area contributed by atoms with Gasteiger partial charge in [0.15, 0.2) is 5.78 Å². The van der Waals surface area contributed by atoms with Crippen LogP contribution in [0.1, 0.15) is 11.3 Å². The molecule has 2 aromatic heterocycles. The number of nitrogens with zero attached hydrogens (tertiary/aromatic N) is 4. The van der Waals surface area contributed by atoms with Crippen molar-refractivity contribution in [3.63, 3.8) is 0 Å². The number of ether oxygens (including phenoxy) is 1. The van der Waals surface area contributed by atoms with Gasteiger partial charge in [0.2, 0.25) is 5.95 Å². The monoisotopic (exact) mass is 515 g/mol. The Morgan fingerprint density at radius 2 is 2.05 bits per heavy atom. The van der Waals surface area contributed by atoms with Crippen molar-refractivity contribution in [3.05, 3.63) is 73.2 Å². The predicted molar refractivity (Wildman–Crippen MR) is 158 cm³/mol. The third-order valence-electron chi connectivity index (χ3n) is 6.17. The Hall–Kier alpha value is -4.37. The van der Waals surface area contributed by atoms with Crippen molar-refractivity contribution in [2.24, 2.45) is 7.05 Å². The van der Waals surface area contributed by atoms with Crippen LogP contribution in [0, 0.1) is 6.92 Å². The summed E-state index contributed by atoms with van der Waals surface area (Å²) < 4.78 is 7.78. The van der Waals surface area contributed by atoms with Crippen molar-refractivity contribution in [2.75, 3.05) is 56.4 Å². The van der Waals surface area contributed by atoms with Crippen LogP contribution in [0.4, 0.5) is 23.0 Å². The van der Waals surface area contributed by atoms with Crippen molar-refractivity contribution in [1.82, 2.24) is 19.9 Å². The van der Waals surface area contributed by atoms with E-state index in [1.54, 1.807) is 19.4 Å². The summed E-state index contributed by atoms with van der Waals surface area (Å²) in [6.07, 6.45) is 10.8. The molecule has 0 unspecified atom stereocenters. The Bertz CT molecular complexity index is 1330. The number of allylic oxidation sites excluding steroid dienone is 2. The number of carbonyl (C=O) groups is 1. The molecule has 3 aromatic rings. The molecule has 0 saturated heterocycles. The van der Waals surface area contributed by atoms with Gasteiger partial charge in [0.25, 0.3) is 0 Å². The maximum Gasteiger partial charge on any atom is 0.227 e. The SMILES string of the molecule is C=C/C=C\c1c(C)c(-c2ccnc(Nc3cc(NCC(=O)C=C)c(N(C)CCNC)cc3OC)n2)cn1C. The minimum absolute atomic E-state index is 0.101. The third-order valence-corrected chi connectivity index (χ3v) is 6.17. The van der Waals surface area contributed by atoms with Gasteiger partial charge in [-0.05, 0) is 43.8 Å². The molecule has 0 saturated carbocycles. The van der Waals surface area contributed by atoms with Gasteiger partial charge in [-0.25, -0.2) is 9.97 Å². The molecule has 38 heavy (non-hydrogen) atoms. The van der Waals surface area contributed by atoms with E-state index >= 15 is 0 Å². The molecule has 2 heterocycles. The highest BCUT2D eigenvalue weighted by atomic mass is 16.5. The van der Waals surface area contributed by atoms with Crippen LogP contribution >= 0.6 is 0 Å². The molecule has 0 fully saturated rings. The molecule has 0 amide bonds. The molecular formula is C29H37N7O2. The average molecular weight is 516 g/mol. The highest BCUT2D eigenvalue weighted by Gasteiger charge is 2.17. The van der Waals surface area contributed by atoms with Gasteiger partial charge in [-0.15, -0.1) is 0 Å². The number of ketones is 1. The zero-order valence-electron chi connectivity index (χ0n) is 22.8. The van der Waals surface area contributed by atoms with Crippen molar-refractivity contribution in [1.29, 1.82) is 0 Å². The Kier molecular flexibility index (Phi) is 9.84. The Morgan fingerprint density at radius 3 is 2.74 bits per heavy atom. The molecule has 0 aliphatic carbocycles. The minimum Gasteiger partial charge on any atom is -0.494 e. The first kappa shape index (κ1) is 28.2. The molecule has 3 rings (SSSR count). The predicted octanol–water partition coefficient (Wildman–Crippen LogP) is 4.56. The largest absolute Gasteiger partial charge is 0.494 e. The lowest BCUT2D eigenvalue weighted by Crippen LogP contribution is -2.28. The average Bonchev–Trinajstić information content (AvgIpc) is 3.21. The quantitative estimate of drug-likeness (QED) is 0.212. The van der Waals surface area contributed by atoms with Crippen LogP contribution in [0.2, 0.25) is 0 Å². The lowest BCUT2D eigenvalue weighted by molar-refractivity contribution is -0.113. The summed E-state index contributed by atoms with van der Waals surface area (Å²) in [6.45, 7) is 11.1. The van der Waals surface area contributed by atoms with E-state index < -0.39 is 0 Å². The number of nitrogens with one attached hydrogen (secondary N) is 3. The molecule has 0 spiro atoms. The molecule has 1 aromatic carbocycles. The molecule has 200 valence electrons. The van der Waals surface area contributed by atoms with Crippen LogP contribution in [0.25, 0.3) is 17.3 Å². The molecule has 0 radical (unpaired) electrons. The summed E-state index contributed by atoms with van der Waals surface area (Å²) in [6, 6.07) is 5.73. The van der Waals surface area contributed by atoms with Crippen molar-refractivity contribution in [2.45, 2.75) is 6.92 Å². The van der Waals surface area contributed by atoms with Crippen LogP contribution in [-0.4, -0.2) is 61.2 Å². The number of likely N-dealkylation sites (N-methyl/N-ethyl adjacent to an activating group) is 2. The maximum absolute atomic E-state index is 11.9. The molecule has 0 aliphatic rings. The van der Waals surface area contributed by atoms with E-state index in [4.69, 9.17) is 9.72 Å². The molecule has 3 N–H and O–H groups in total. The zero-order chi connectivity index (χ0) is 27.7. The van der Waals surface area contributed by atoms with E-state index in [9.17, 15) is 4.79 Å². The van der Waals surface area contributed by atoms with Crippen molar-refractivity contribution >= 4 is 34.9 Å². The van der Waals surface area contributed by atoms with Gasteiger partial charge in [0.05, 0.1) is 36.4 Å².